The zero-order chi connectivity index (χ0) is 15.1. The van der Waals surface area contributed by atoms with E-state index in [4.69, 9.17) is 4.74 Å². The third kappa shape index (κ3) is 4.97. The van der Waals surface area contributed by atoms with Crippen LogP contribution < -0.4 is 5.32 Å². The maximum absolute atomic E-state index is 11.9. The predicted octanol–water partition coefficient (Wildman–Crippen LogP) is 1.52. The second-order valence-electron chi connectivity index (χ2n) is 4.50. The topological polar surface area (TPSA) is 75.7 Å². The summed E-state index contributed by atoms with van der Waals surface area (Å²) >= 11 is 1.63. The summed E-state index contributed by atoms with van der Waals surface area (Å²) in [6.45, 7) is 3.22. The van der Waals surface area contributed by atoms with Gasteiger partial charge in [-0.05, 0) is 17.7 Å². The molecule has 1 heterocycles. The number of methoxy groups -OCH3 is 1. The van der Waals surface area contributed by atoms with Crippen molar-refractivity contribution >= 4 is 29.6 Å². The van der Waals surface area contributed by atoms with Crippen LogP contribution in [-0.2, 0) is 14.3 Å². The van der Waals surface area contributed by atoms with E-state index in [9.17, 15) is 14.4 Å². The van der Waals surface area contributed by atoms with E-state index < -0.39 is 11.9 Å². The Morgan fingerprint density at radius 2 is 2.15 bits per heavy atom. The van der Waals surface area contributed by atoms with Crippen molar-refractivity contribution < 1.29 is 19.1 Å². The van der Waals surface area contributed by atoms with E-state index in [1.165, 1.54) is 13.8 Å². The Labute approximate surface area is 122 Å². The third-order valence-corrected chi connectivity index (χ3v) is 4.05. The molecule has 0 bridgehead atoms. The Kier molecular flexibility index (Phi) is 6.74. The molecular formula is C13H20N2O4S. The summed E-state index contributed by atoms with van der Waals surface area (Å²) in [6.07, 6.45) is 3.51. The van der Waals surface area contributed by atoms with Crippen molar-refractivity contribution in [2.45, 2.75) is 32.7 Å². The van der Waals surface area contributed by atoms with Crippen LogP contribution in [0, 0.1) is 0 Å². The molecule has 1 N–H and O–H groups in total. The number of ether oxygens (including phenoxy) is 1. The van der Waals surface area contributed by atoms with Crippen molar-refractivity contribution in [3.63, 3.8) is 0 Å². The van der Waals surface area contributed by atoms with Gasteiger partial charge in [0.25, 0.3) is 0 Å². The van der Waals surface area contributed by atoms with Crippen LogP contribution in [0.1, 0.15) is 26.7 Å². The lowest BCUT2D eigenvalue weighted by atomic mass is 10.2. The lowest BCUT2D eigenvalue weighted by Crippen LogP contribution is -2.49. The summed E-state index contributed by atoms with van der Waals surface area (Å²) in [5.74, 6) is -0.167. The van der Waals surface area contributed by atoms with Gasteiger partial charge in [0, 0.05) is 33.3 Å². The van der Waals surface area contributed by atoms with E-state index in [2.05, 4.69) is 11.4 Å². The minimum atomic E-state index is -0.645. The fraction of sp³-hybridized carbons (Fsp3) is 0.615. The number of rotatable bonds is 4. The van der Waals surface area contributed by atoms with Crippen molar-refractivity contribution in [3.05, 3.63) is 11.0 Å². The van der Waals surface area contributed by atoms with Gasteiger partial charge in [0.15, 0.2) is 0 Å². The highest BCUT2D eigenvalue weighted by Gasteiger charge is 2.32. The van der Waals surface area contributed by atoms with Gasteiger partial charge in [0.1, 0.15) is 0 Å². The van der Waals surface area contributed by atoms with Crippen LogP contribution in [0.2, 0.25) is 0 Å². The van der Waals surface area contributed by atoms with Crippen LogP contribution in [-0.4, -0.2) is 48.3 Å². The van der Waals surface area contributed by atoms with Gasteiger partial charge in [-0.15, -0.1) is 11.8 Å². The van der Waals surface area contributed by atoms with Gasteiger partial charge >= 0.3 is 6.03 Å². The number of carbonyl (C=O) groups excluding carboxylic acids is 3. The fourth-order valence-corrected chi connectivity index (χ4v) is 3.20. The standard InChI is InChI=1S/C13H20N2O4S/c1-9(16)14-13(18)15(10(2)17)11-7-12(20-8-11)5-4-6-19-3/h5,11H,4,6-8H2,1-3H3,(H,14,16,18)/b12-5-/t11-/m1/s1. The molecule has 0 aliphatic carbocycles. The van der Waals surface area contributed by atoms with E-state index in [0.717, 1.165) is 16.2 Å². The summed E-state index contributed by atoms with van der Waals surface area (Å²) in [7, 11) is 1.65. The average molecular weight is 300 g/mol. The van der Waals surface area contributed by atoms with Gasteiger partial charge < -0.3 is 4.74 Å². The van der Waals surface area contributed by atoms with Crippen LogP contribution >= 0.6 is 11.8 Å². The quantitative estimate of drug-likeness (QED) is 0.797. The lowest BCUT2D eigenvalue weighted by Gasteiger charge is -2.24. The molecule has 0 aromatic carbocycles. The molecule has 0 unspecified atom stereocenters. The van der Waals surface area contributed by atoms with Crippen LogP contribution in [0.15, 0.2) is 11.0 Å². The first-order valence-electron chi connectivity index (χ1n) is 6.37. The predicted molar refractivity (Wildman–Crippen MR) is 77.2 cm³/mol. The Bertz CT molecular complexity index is 423. The van der Waals surface area contributed by atoms with Crippen molar-refractivity contribution in [1.82, 2.24) is 10.2 Å². The molecule has 1 saturated heterocycles. The molecule has 1 aliphatic rings. The average Bonchev–Trinajstić information content (AvgIpc) is 2.76. The summed E-state index contributed by atoms with van der Waals surface area (Å²) in [5, 5.41) is 2.15. The number of urea groups is 1. The van der Waals surface area contributed by atoms with Gasteiger partial charge in [-0.25, -0.2) is 4.79 Å². The monoisotopic (exact) mass is 300 g/mol. The normalized spacial score (nSPS) is 19.9. The van der Waals surface area contributed by atoms with Crippen LogP contribution in [0.4, 0.5) is 4.79 Å². The number of thioether (sulfide) groups is 1. The maximum Gasteiger partial charge on any atom is 0.331 e. The molecule has 4 amide bonds. The first-order chi connectivity index (χ1) is 9.45. The molecule has 1 aliphatic heterocycles. The summed E-state index contributed by atoms with van der Waals surface area (Å²) in [6, 6.07) is -0.848. The van der Waals surface area contributed by atoms with Gasteiger partial charge in [-0.1, -0.05) is 6.08 Å². The van der Waals surface area contributed by atoms with E-state index in [0.29, 0.717) is 18.8 Å². The Morgan fingerprint density at radius 3 is 2.70 bits per heavy atom. The van der Waals surface area contributed by atoms with Gasteiger partial charge in [-0.2, -0.15) is 0 Å². The number of amides is 4. The van der Waals surface area contributed by atoms with Crippen molar-refractivity contribution in [2.75, 3.05) is 19.5 Å². The Morgan fingerprint density at radius 1 is 1.45 bits per heavy atom. The largest absolute Gasteiger partial charge is 0.384 e. The van der Waals surface area contributed by atoms with E-state index in [-0.39, 0.29) is 11.9 Å². The molecule has 0 aromatic rings. The molecule has 1 atom stereocenters. The van der Waals surface area contributed by atoms with E-state index >= 15 is 0 Å². The van der Waals surface area contributed by atoms with Crippen molar-refractivity contribution in [1.29, 1.82) is 0 Å². The van der Waals surface area contributed by atoms with Crippen LogP contribution in [0.25, 0.3) is 0 Å². The molecule has 1 fully saturated rings. The highest BCUT2D eigenvalue weighted by atomic mass is 32.2. The van der Waals surface area contributed by atoms with Crippen molar-refractivity contribution in [3.8, 4) is 0 Å². The molecule has 6 nitrogen and oxygen atoms in total. The Hall–Kier alpha value is -1.34. The maximum atomic E-state index is 11.9. The minimum Gasteiger partial charge on any atom is -0.384 e. The molecule has 7 heteroatoms. The number of carbonyl (C=O) groups is 3. The molecular weight excluding hydrogens is 280 g/mol. The van der Waals surface area contributed by atoms with E-state index in [1.54, 1.807) is 18.9 Å². The number of hydrogen-bond acceptors (Lipinski definition) is 5. The third-order valence-electron chi connectivity index (χ3n) is 2.80. The molecule has 20 heavy (non-hydrogen) atoms. The Balaban J connectivity index is 2.66. The molecule has 0 radical (unpaired) electrons. The number of nitrogens with zero attached hydrogens (tertiary/aromatic N) is 1. The van der Waals surface area contributed by atoms with E-state index in [1.807, 2.05) is 0 Å². The second-order valence-corrected chi connectivity index (χ2v) is 5.64. The molecule has 112 valence electrons. The first-order valence-corrected chi connectivity index (χ1v) is 7.36. The fourth-order valence-electron chi connectivity index (χ4n) is 1.98. The summed E-state index contributed by atoms with van der Waals surface area (Å²) in [5.41, 5.74) is 0. The number of imide groups is 2. The zero-order valence-corrected chi connectivity index (χ0v) is 12.8. The molecule has 0 aromatic heterocycles. The summed E-state index contributed by atoms with van der Waals surface area (Å²) in [4.78, 5) is 36.7. The van der Waals surface area contributed by atoms with Crippen molar-refractivity contribution in [2.24, 2.45) is 0 Å². The lowest BCUT2D eigenvalue weighted by molar-refractivity contribution is -0.127. The SMILES string of the molecule is COCC/C=C1/C[C@@H](N(C(C)=O)C(=O)NC(C)=O)CS1. The first kappa shape index (κ1) is 16.7. The minimum absolute atomic E-state index is 0.203. The highest BCUT2D eigenvalue weighted by Crippen LogP contribution is 2.34. The van der Waals surface area contributed by atoms with Crippen LogP contribution in [0.5, 0.6) is 0 Å². The van der Waals surface area contributed by atoms with Crippen LogP contribution in [0.3, 0.4) is 0 Å². The van der Waals surface area contributed by atoms with Gasteiger partial charge in [0.2, 0.25) is 11.8 Å². The molecule has 0 saturated carbocycles. The summed E-state index contributed by atoms with van der Waals surface area (Å²) < 4.78 is 4.98. The number of nitrogens with one attached hydrogen (secondary N) is 1. The highest BCUT2D eigenvalue weighted by molar-refractivity contribution is 8.03. The van der Waals surface area contributed by atoms with Gasteiger partial charge in [-0.3, -0.25) is 19.8 Å². The zero-order valence-electron chi connectivity index (χ0n) is 12.0. The molecule has 0 spiro atoms. The second kappa shape index (κ2) is 8.06. The molecule has 1 rings (SSSR count). The number of hydrogen-bond donors (Lipinski definition) is 1. The van der Waals surface area contributed by atoms with Gasteiger partial charge in [0.05, 0.1) is 6.04 Å². The smallest absolute Gasteiger partial charge is 0.331 e.